The van der Waals surface area contributed by atoms with Gasteiger partial charge in [0.2, 0.25) is 0 Å². The zero-order valence-electron chi connectivity index (χ0n) is 6.16. The van der Waals surface area contributed by atoms with E-state index in [0.717, 1.165) is 0 Å². The molecule has 0 heterocycles. The van der Waals surface area contributed by atoms with Crippen molar-refractivity contribution in [2.75, 3.05) is 0 Å². The molecule has 0 saturated heterocycles. The summed E-state index contributed by atoms with van der Waals surface area (Å²) >= 11 is 0. The Labute approximate surface area is 83.7 Å². The van der Waals surface area contributed by atoms with Gasteiger partial charge in [-0.1, -0.05) is 19.6 Å². The monoisotopic (exact) mass is 244 g/mol. The van der Waals surface area contributed by atoms with E-state index in [4.69, 9.17) is 9.73 Å². The van der Waals surface area contributed by atoms with Gasteiger partial charge in [-0.25, -0.2) is 0 Å². The van der Waals surface area contributed by atoms with Gasteiger partial charge < -0.3 is 0 Å². The van der Waals surface area contributed by atoms with Crippen LogP contribution < -0.4 is 0 Å². The van der Waals surface area contributed by atoms with Crippen LogP contribution >= 0.6 is 45.5 Å². The summed E-state index contributed by atoms with van der Waals surface area (Å²) in [4.78, 5) is 0. The van der Waals surface area contributed by atoms with Crippen molar-refractivity contribution in [2.24, 2.45) is 0 Å². The predicted octanol–water partition coefficient (Wildman–Crippen LogP) is 3.41. The van der Waals surface area contributed by atoms with E-state index in [-0.39, 0.29) is 46.0 Å². The van der Waals surface area contributed by atoms with Crippen molar-refractivity contribution < 1.29 is 4.57 Å². The average Bonchev–Trinajstić information content (AvgIpc) is 1.33. The second-order valence-corrected chi connectivity index (χ2v) is 5.47. The van der Waals surface area contributed by atoms with Crippen LogP contribution in [0.25, 0.3) is 0 Å². The second kappa shape index (κ2) is 32.1. The molecule has 0 fully saturated rings. The van der Waals surface area contributed by atoms with Gasteiger partial charge in [0, 0.05) is 8.80 Å². The van der Waals surface area contributed by atoms with Gasteiger partial charge in [0.05, 0.1) is 0 Å². The van der Waals surface area contributed by atoms with E-state index >= 15 is 0 Å². The number of hydrogen-bond acceptors (Lipinski definition) is 2. The molecule has 2 nitrogen and oxygen atoms in total. The first kappa shape index (κ1) is 30.4. The van der Waals surface area contributed by atoms with Gasteiger partial charge in [-0.15, -0.1) is 37.2 Å². The van der Waals surface area contributed by atoms with Crippen LogP contribution in [-0.2, 0) is 4.57 Å². The first-order valence-corrected chi connectivity index (χ1v) is 6.41. The second-order valence-electron chi connectivity index (χ2n) is 1.82. The fourth-order valence-electron chi connectivity index (χ4n) is 0. The number of halogens is 3. The fourth-order valence-corrected chi connectivity index (χ4v) is 0. The Morgan fingerprint density at radius 2 is 1.10 bits per heavy atom. The third kappa shape index (κ3) is 482. The van der Waals surface area contributed by atoms with Crippen LogP contribution in [0.4, 0.5) is 0 Å². The Morgan fingerprint density at radius 3 is 1.10 bits per heavy atom. The summed E-state index contributed by atoms with van der Waals surface area (Å²) in [5.74, 6) is 0. The van der Waals surface area contributed by atoms with Crippen molar-refractivity contribution >= 4 is 54.3 Å². The maximum atomic E-state index is 8.57. The van der Waals surface area contributed by atoms with E-state index in [9.17, 15) is 0 Å². The molecule has 7 heteroatoms. The maximum absolute atomic E-state index is 8.57. The molecule has 1 N–H and O–H groups in total. The molecule has 0 amide bonds. The molecule has 0 aromatic carbocycles. The Kier molecular flexibility index (Phi) is 97.7. The molecule has 0 aromatic heterocycles. The van der Waals surface area contributed by atoms with Crippen LogP contribution in [0.5, 0.6) is 0 Å². The molecule has 0 atom stereocenters. The summed E-state index contributed by atoms with van der Waals surface area (Å²) in [6.45, 7) is 6.92. The topological polar surface area (TPSA) is 40.9 Å². The molecule has 0 spiro atoms. The summed E-state index contributed by atoms with van der Waals surface area (Å²) < 4.78 is 8.57. The fraction of sp³-hybridized carbons (Fsp3) is 1.00. The summed E-state index contributed by atoms with van der Waals surface area (Å²) in [6.07, 6.45) is 0. The number of nitrogens with one attached hydrogen (secondary N) is 1. The normalized spacial score (nSPS) is 4.80. The van der Waals surface area contributed by atoms with E-state index in [1.165, 1.54) is 0 Å². The van der Waals surface area contributed by atoms with Crippen LogP contribution in [-0.4, -0.2) is 8.80 Å². The van der Waals surface area contributed by atoms with Gasteiger partial charge in [-0.2, -0.15) is 0 Å². The minimum atomic E-state index is -0.583. The van der Waals surface area contributed by atoms with Crippen molar-refractivity contribution in [3.63, 3.8) is 0 Å². The molecule has 0 bridgehead atoms. The van der Waals surface area contributed by atoms with Crippen LogP contribution in [0.3, 0.4) is 0 Å². The molecule has 0 aliphatic carbocycles. The van der Waals surface area contributed by atoms with Gasteiger partial charge in [0.15, 0.2) is 0 Å². The summed E-state index contributed by atoms with van der Waals surface area (Å²) in [7, 11) is -0.722. The van der Waals surface area contributed by atoms with Crippen molar-refractivity contribution in [3.8, 4) is 0 Å². The van der Waals surface area contributed by atoms with Crippen LogP contribution in [0, 0.1) is 5.16 Å². The molecule has 0 rings (SSSR count). The van der Waals surface area contributed by atoms with Crippen molar-refractivity contribution in [1.82, 2.24) is 0 Å². The van der Waals surface area contributed by atoms with E-state index in [2.05, 4.69) is 19.6 Å². The molecular formula is C3H14Cl3NOPSi+. The number of hydrogen-bond donors (Lipinski definition) is 1. The average molecular weight is 246 g/mol. The first-order chi connectivity index (χ1) is 3.15. The third-order valence-corrected chi connectivity index (χ3v) is 0. The molecule has 0 aromatic rings. The van der Waals surface area contributed by atoms with Crippen molar-refractivity contribution in [2.45, 2.75) is 19.6 Å². The Bertz CT molecular complexity index is 66.0. The summed E-state index contributed by atoms with van der Waals surface area (Å²) in [5, 5.41) is 5.62. The predicted molar refractivity (Wildman–Crippen MR) is 56.8 cm³/mol. The SMILES string of the molecule is C[SiH](C)C.Cl.Cl.Cl.N=[P+]=O. The minimum absolute atomic E-state index is 0. The third-order valence-electron chi connectivity index (χ3n) is 0. The standard InChI is InChI=1S/C3H10Si.3ClH.HNOP/c1-4(2)3;;;;1-3-2/h4H,1-3H3;3*1H;1H/q;;;;+1. The van der Waals surface area contributed by atoms with Gasteiger partial charge in [-0.3, -0.25) is 0 Å². The van der Waals surface area contributed by atoms with Gasteiger partial charge in [0.25, 0.3) is 0 Å². The Balaban J connectivity index is -0.0000000131. The molecular weight excluding hydrogens is 231 g/mol. The quantitative estimate of drug-likeness (QED) is 0.516. The van der Waals surface area contributed by atoms with Gasteiger partial charge >= 0.3 is 18.0 Å². The molecule has 0 aliphatic heterocycles. The van der Waals surface area contributed by atoms with Crippen LogP contribution in [0.1, 0.15) is 0 Å². The Hall–Kier alpha value is 1.12. The summed E-state index contributed by atoms with van der Waals surface area (Å²) in [6, 6.07) is 0. The molecule has 0 saturated carbocycles. The van der Waals surface area contributed by atoms with Gasteiger partial charge in [0.1, 0.15) is 0 Å². The van der Waals surface area contributed by atoms with E-state index in [1.54, 1.807) is 0 Å². The van der Waals surface area contributed by atoms with Crippen molar-refractivity contribution in [1.29, 1.82) is 5.16 Å². The molecule has 0 radical (unpaired) electrons. The first-order valence-electron chi connectivity index (χ1n) is 2.14. The molecule has 10 heavy (non-hydrogen) atoms. The van der Waals surface area contributed by atoms with Gasteiger partial charge in [-0.05, 0) is 0 Å². The molecule has 0 unspecified atom stereocenters. The zero-order chi connectivity index (χ0) is 6.28. The Morgan fingerprint density at radius 1 is 1.10 bits per heavy atom. The summed E-state index contributed by atoms with van der Waals surface area (Å²) in [5.41, 5.74) is 0. The van der Waals surface area contributed by atoms with E-state index in [1.807, 2.05) is 0 Å². The van der Waals surface area contributed by atoms with E-state index < -0.39 is 8.25 Å². The zero-order valence-corrected chi connectivity index (χ0v) is 10.7. The van der Waals surface area contributed by atoms with Crippen molar-refractivity contribution in [3.05, 3.63) is 0 Å². The molecule has 66 valence electrons. The van der Waals surface area contributed by atoms with Crippen LogP contribution in [0.15, 0.2) is 0 Å². The molecule has 0 aliphatic rings. The van der Waals surface area contributed by atoms with Crippen LogP contribution in [0.2, 0.25) is 19.6 Å². The number of rotatable bonds is 0. The van der Waals surface area contributed by atoms with E-state index in [0.29, 0.717) is 0 Å².